The minimum atomic E-state index is -0.326. The number of hydrogen-bond donors (Lipinski definition) is 0. The van der Waals surface area contributed by atoms with Crippen molar-refractivity contribution in [2.75, 3.05) is 13.2 Å². The Morgan fingerprint density at radius 2 is 2.15 bits per heavy atom. The van der Waals surface area contributed by atoms with Crippen molar-refractivity contribution < 1.29 is 9.53 Å². The predicted octanol–water partition coefficient (Wildman–Crippen LogP) is 2.72. The maximum Gasteiger partial charge on any atom is 0.147 e. The summed E-state index contributed by atoms with van der Waals surface area (Å²) in [7, 11) is 0. The first-order valence-corrected chi connectivity index (χ1v) is 6.00. The topological polar surface area (TPSA) is 26.3 Å². The fourth-order valence-corrected chi connectivity index (χ4v) is 2.18. The number of alkyl halides is 1. The van der Waals surface area contributed by atoms with Crippen LogP contribution in [0.15, 0.2) is 11.5 Å². The lowest BCUT2D eigenvalue weighted by Crippen LogP contribution is -2.11. The number of thioether (sulfide) groups is 1. The number of aldehydes is 1. The van der Waals surface area contributed by atoms with Crippen molar-refractivity contribution in [3.8, 4) is 0 Å². The molecular formula is C9H13BrO2S. The van der Waals surface area contributed by atoms with Gasteiger partial charge in [0.25, 0.3) is 0 Å². The molecular weight excluding hydrogens is 252 g/mol. The van der Waals surface area contributed by atoms with Crippen LogP contribution in [-0.4, -0.2) is 23.2 Å². The molecule has 4 heteroatoms. The summed E-state index contributed by atoms with van der Waals surface area (Å²) in [5.74, 6) is 0. The lowest BCUT2D eigenvalue weighted by Gasteiger charge is -2.08. The molecule has 2 rings (SSSR count). The second-order valence-electron chi connectivity index (χ2n) is 2.92. The standard InChI is InChI=1S/C5H5BrOS.C4H8O/c6-5(4-7)2-1-3-8-5;1-2-4-5-3-1/h1,3-4H,2H2;1-4H2. The van der Waals surface area contributed by atoms with E-state index in [1.165, 1.54) is 24.6 Å². The van der Waals surface area contributed by atoms with Crippen LogP contribution in [0.3, 0.4) is 0 Å². The van der Waals surface area contributed by atoms with E-state index in [0.29, 0.717) is 0 Å². The molecule has 1 unspecified atom stereocenters. The lowest BCUT2D eigenvalue weighted by molar-refractivity contribution is -0.107. The molecule has 2 heterocycles. The number of carbonyl (C=O) groups is 1. The summed E-state index contributed by atoms with van der Waals surface area (Å²) in [5.41, 5.74) is 0. The molecule has 0 N–H and O–H groups in total. The number of rotatable bonds is 1. The molecule has 0 bridgehead atoms. The molecule has 0 aromatic heterocycles. The van der Waals surface area contributed by atoms with Crippen LogP contribution in [0.2, 0.25) is 0 Å². The quantitative estimate of drug-likeness (QED) is 0.538. The van der Waals surface area contributed by atoms with Gasteiger partial charge in [-0.15, -0.1) is 11.8 Å². The third kappa shape index (κ3) is 4.29. The van der Waals surface area contributed by atoms with E-state index < -0.39 is 0 Å². The second kappa shape index (κ2) is 5.83. The molecule has 0 aliphatic carbocycles. The van der Waals surface area contributed by atoms with Crippen LogP contribution in [-0.2, 0) is 9.53 Å². The Hall–Kier alpha value is 0.200. The van der Waals surface area contributed by atoms with Crippen LogP contribution < -0.4 is 0 Å². The van der Waals surface area contributed by atoms with Gasteiger partial charge in [0.05, 0.1) is 0 Å². The van der Waals surface area contributed by atoms with Gasteiger partial charge in [0, 0.05) is 13.2 Å². The predicted molar refractivity (Wildman–Crippen MR) is 59.1 cm³/mol. The third-order valence-corrected chi connectivity index (χ3v) is 3.81. The highest BCUT2D eigenvalue weighted by Gasteiger charge is 2.27. The van der Waals surface area contributed by atoms with Crippen molar-refractivity contribution in [1.82, 2.24) is 0 Å². The summed E-state index contributed by atoms with van der Waals surface area (Å²) >= 11 is 4.79. The Morgan fingerprint density at radius 1 is 1.46 bits per heavy atom. The van der Waals surface area contributed by atoms with Crippen LogP contribution in [0.4, 0.5) is 0 Å². The molecule has 0 amide bonds. The second-order valence-corrected chi connectivity index (χ2v) is 6.09. The molecule has 0 radical (unpaired) electrons. The molecule has 74 valence electrons. The Labute approximate surface area is 91.2 Å². The lowest BCUT2D eigenvalue weighted by atomic mass is 10.3. The summed E-state index contributed by atoms with van der Waals surface area (Å²) in [5, 5.41) is 1.93. The van der Waals surface area contributed by atoms with Gasteiger partial charge in [-0.05, 0) is 24.7 Å². The largest absolute Gasteiger partial charge is 0.381 e. The van der Waals surface area contributed by atoms with Crippen molar-refractivity contribution in [1.29, 1.82) is 0 Å². The van der Waals surface area contributed by atoms with E-state index in [-0.39, 0.29) is 3.66 Å². The van der Waals surface area contributed by atoms with Crippen LogP contribution in [0.25, 0.3) is 0 Å². The van der Waals surface area contributed by atoms with Gasteiger partial charge in [-0.2, -0.15) is 0 Å². The Bertz CT molecular complexity index is 174. The van der Waals surface area contributed by atoms with Gasteiger partial charge in [0.2, 0.25) is 0 Å². The number of allylic oxidation sites excluding steroid dienone is 1. The highest BCUT2D eigenvalue weighted by Crippen LogP contribution is 2.39. The first kappa shape index (κ1) is 11.3. The zero-order valence-corrected chi connectivity index (χ0v) is 9.77. The van der Waals surface area contributed by atoms with E-state index in [1.54, 1.807) is 0 Å². The molecule has 0 saturated carbocycles. The summed E-state index contributed by atoms with van der Waals surface area (Å²) in [4.78, 5) is 10.2. The van der Waals surface area contributed by atoms with Crippen LogP contribution in [0, 0.1) is 0 Å². The van der Waals surface area contributed by atoms with Crippen molar-refractivity contribution in [3.63, 3.8) is 0 Å². The monoisotopic (exact) mass is 264 g/mol. The Morgan fingerprint density at radius 3 is 2.38 bits per heavy atom. The first-order valence-electron chi connectivity index (χ1n) is 4.33. The summed E-state index contributed by atoms with van der Waals surface area (Å²) < 4.78 is 4.62. The van der Waals surface area contributed by atoms with Crippen molar-refractivity contribution in [2.24, 2.45) is 0 Å². The molecule has 0 spiro atoms. The van der Waals surface area contributed by atoms with Gasteiger partial charge in [-0.3, -0.25) is 0 Å². The van der Waals surface area contributed by atoms with Gasteiger partial charge in [-0.25, -0.2) is 0 Å². The normalized spacial score (nSPS) is 31.2. The van der Waals surface area contributed by atoms with E-state index in [9.17, 15) is 4.79 Å². The van der Waals surface area contributed by atoms with Gasteiger partial charge >= 0.3 is 0 Å². The van der Waals surface area contributed by atoms with Gasteiger partial charge in [0.1, 0.15) is 9.94 Å². The SMILES string of the molecule is C1CCOC1.O=CC1(Br)CC=CS1. The Balaban J connectivity index is 0.000000145. The van der Waals surface area contributed by atoms with Crippen molar-refractivity contribution in [2.45, 2.75) is 22.9 Å². The van der Waals surface area contributed by atoms with Gasteiger partial charge < -0.3 is 9.53 Å². The molecule has 1 atom stereocenters. The van der Waals surface area contributed by atoms with E-state index in [4.69, 9.17) is 4.74 Å². The average Bonchev–Trinajstić information content (AvgIpc) is 2.77. The molecule has 0 aromatic rings. The fraction of sp³-hybridized carbons (Fsp3) is 0.667. The average molecular weight is 265 g/mol. The Kier molecular flexibility index (Phi) is 5.06. The summed E-state index contributed by atoms with van der Waals surface area (Å²) in [6, 6.07) is 0. The molecule has 13 heavy (non-hydrogen) atoms. The van der Waals surface area contributed by atoms with E-state index >= 15 is 0 Å². The minimum Gasteiger partial charge on any atom is -0.381 e. The van der Waals surface area contributed by atoms with Crippen LogP contribution >= 0.6 is 27.7 Å². The molecule has 0 aromatic carbocycles. The third-order valence-electron chi connectivity index (χ3n) is 1.76. The first-order chi connectivity index (χ1) is 6.27. The van der Waals surface area contributed by atoms with E-state index in [1.807, 2.05) is 11.5 Å². The summed E-state index contributed by atoms with van der Waals surface area (Å²) in [6.07, 6.45) is 6.27. The molecule has 1 fully saturated rings. The van der Waals surface area contributed by atoms with Gasteiger partial charge in [0.15, 0.2) is 0 Å². The van der Waals surface area contributed by atoms with E-state index in [2.05, 4.69) is 15.9 Å². The highest BCUT2D eigenvalue weighted by atomic mass is 79.9. The van der Waals surface area contributed by atoms with Crippen LogP contribution in [0.1, 0.15) is 19.3 Å². The van der Waals surface area contributed by atoms with Crippen LogP contribution in [0.5, 0.6) is 0 Å². The van der Waals surface area contributed by atoms with E-state index in [0.717, 1.165) is 25.9 Å². The molecule has 1 saturated heterocycles. The van der Waals surface area contributed by atoms with Crippen molar-refractivity contribution >= 4 is 34.0 Å². The maximum absolute atomic E-state index is 10.2. The maximum atomic E-state index is 10.2. The highest BCUT2D eigenvalue weighted by molar-refractivity contribution is 9.12. The molecule has 2 nitrogen and oxygen atoms in total. The smallest absolute Gasteiger partial charge is 0.147 e. The van der Waals surface area contributed by atoms with Gasteiger partial charge in [-0.1, -0.05) is 22.0 Å². The number of hydrogen-bond acceptors (Lipinski definition) is 3. The zero-order chi connectivity index (χ0) is 9.57. The molecule has 2 aliphatic heterocycles. The molecule has 2 aliphatic rings. The van der Waals surface area contributed by atoms with Crippen molar-refractivity contribution in [3.05, 3.63) is 11.5 Å². The minimum absolute atomic E-state index is 0.326. The number of halogens is 1. The zero-order valence-electron chi connectivity index (χ0n) is 7.37. The number of ether oxygens (including phenoxy) is 1. The fourth-order valence-electron chi connectivity index (χ4n) is 1.00. The summed E-state index contributed by atoms with van der Waals surface area (Å²) in [6.45, 7) is 2.00. The number of carbonyl (C=O) groups excluding carboxylic acids is 1.